The zero-order valence-corrected chi connectivity index (χ0v) is 11.9. The highest BCUT2D eigenvalue weighted by Crippen LogP contribution is 2.27. The van der Waals surface area contributed by atoms with Crippen LogP contribution in [0.4, 0.5) is 0 Å². The van der Waals surface area contributed by atoms with Crippen molar-refractivity contribution in [1.29, 1.82) is 5.26 Å². The molecule has 96 valence electrons. The normalized spacial score (nSPS) is 11.1. The van der Waals surface area contributed by atoms with Crippen molar-refractivity contribution in [3.8, 4) is 17.2 Å². The molecule has 19 heavy (non-hydrogen) atoms. The molecule has 0 aliphatic heterocycles. The Hall–Kier alpha value is -2.14. The van der Waals surface area contributed by atoms with Gasteiger partial charge in [-0.15, -0.1) is 0 Å². The molecule has 2 heteroatoms. The highest BCUT2D eigenvalue weighted by molar-refractivity contribution is 5.67. The van der Waals surface area contributed by atoms with Gasteiger partial charge in [-0.05, 0) is 36.2 Å². The molecule has 1 heterocycles. The Bertz CT molecular complexity index is 626. The molecule has 0 saturated heterocycles. The third-order valence-electron chi connectivity index (χ3n) is 3.20. The summed E-state index contributed by atoms with van der Waals surface area (Å²) in [5.74, 6) is 0. The lowest BCUT2D eigenvalue weighted by Crippen LogP contribution is -2.13. The van der Waals surface area contributed by atoms with E-state index in [1.807, 2.05) is 30.5 Å². The van der Waals surface area contributed by atoms with Gasteiger partial charge in [0.15, 0.2) is 0 Å². The molecule has 0 spiro atoms. The minimum absolute atomic E-state index is 0.0634. The van der Waals surface area contributed by atoms with Crippen LogP contribution in [-0.4, -0.2) is 4.98 Å². The Kier molecular flexibility index (Phi) is 3.40. The van der Waals surface area contributed by atoms with Gasteiger partial charge in [-0.2, -0.15) is 5.26 Å². The maximum absolute atomic E-state index is 8.82. The molecular weight excluding hydrogens is 232 g/mol. The van der Waals surface area contributed by atoms with Crippen LogP contribution in [0.5, 0.6) is 0 Å². The Morgan fingerprint density at radius 1 is 1.11 bits per heavy atom. The second-order valence-electron chi connectivity index (χ2n) is 5.82. The number of nitrogens with zero attached hydrogens (tertiary/aromatic N) is 2. The molecule has 1 aromatic carbocycles. The van der Waals surface area contributed by atoms with Crippen LogP contribution in [0.25, 0.3) is 11.1 Å². The van der Waals surface area contributed by atoms with Crippen LogP contribution in [0.3, 0.4) is 0 Å². The first-order valence-electron chi connectivity index (χ1n) is 6.39. The monoisotopic (exact) mass is 250 g/mol. The zero-order chi connectivity index (χ0) is 14.0. The second kappa shape index (κ2) is 4.85. The summed E-state index contributed by atoms with van der Waals surface area (Å²) < 4.78 is 0. The third-order valence-corrected chi connectivity index (χ3v) is 3.20. The van der Waals surface area contributed by atoms with E-state index in [1.165, 1.54) is 5.56 Å². The number of hydrogen-bond acceptors (Lipinski definition) is 2. The number of rotatable bonds is 1. The third kappa shape index (κ3) is 2.82. The molecule has 0 fully saturated rings. The van der Waals surface area contributed by atoms with Crippen molar-refractivity contribution in [3.05, 3.63) is 53.3 Å². The van der Waals surface area contributed by atoms with Gasteiger partial charge in [0.1, 0.15) is 0 Å². The maximum atomic E-state index is 8.82. The summed E-state index contributed by atoms with van der Waals surface area (Å²) in [6.45, 7) is 8.59. The molecule has 0 aliphatic rings. The second-order valence-corrected chi connectivity index (χ2v) is 5.82. The Labute approximate surface area is 114 Å². The molecule has 2 rings (SSSR count). The summed E-state index contributed by atoms with van der Waals surface area (Å²) >= 11 is 0. The lowest BCUT2D eigenvalue weighted by Gasteiger charge is -2.19. The molecule has 0 atom stereocenters. The molecule has 0 saturated carbocycles. The van der Waals surface area contributed by atoms with Crippen molar-refractivity contribution in [1.82, 2.24) is 4.98 Å². The molecule has 0 unspecified atom stereocenters. The molecule has 0 bridgehead atoms. The van der Waals surface area contributed by atoms with Gasteiger partial charge in [0, 0.05) is 22.9 Å². The molecule has 2 nitrogen and oxygen atoms in total. The van der Waals surface area contributed by atoms with Gasteiger partial charge in [-0.3, -0.25) is 4.98 Å². The molecule has 1 aromatic heterocycles. The van der Waals surface area contributed by atoms with Crippen LogP contribution in [0.15, 0.2) is 36.5 Å². The van der Waals surface area contributed by atoms with E-state index in [2.05, 4.69) is 44.8 Å². The van der Waals surface area contributed by atoms with E-state index in [1.54, 1.807) is 0 Å². The fraction of sp³-hybridized carbons (Fsp3) is 0.294. The van der Waals surface area contributed by atoms with Crippen molar-refractivity contribution in [2.45, 2.75) is 33.1 Å². The Morgan fingerprint density at radius 3 is 2.21 bits per heavy atom. The van der Waals surface area contributed by atoms with E-state index >= 15 is 0 Å². The van der Waals surface area contributed by atoms with E-state index < -0.39 is 0 Å². The van der Waals surface area contributed by atoms with Crippen LogP contribution in [-0.2, 0) is 5.41 Å². The SMILES string of the molecule is Cc1cc(C(C)(C)C)ncc1-c1ccc(C#N)cc1. The minimum atomic E-state index is 0.0634. The first-order valence-corrected chi connectivity index (χ1v) is 6.39. The van der Waals surface area contributed by atoms with Crippen molar-refractivity contribution in [2.24, 2.45) is 0 Å². The van der Waals surface area contributed by atoms with Crippen molar-refractivity contribution in [3.63, 3.8) is 0 Å². The summed E-state index contributed by atoms with van der Waals surface area (Å²) in [6, 6.07) is 11.9. The van der Waals surface area contributed by atoms with Gasteiger partial charge in [-0.1, -0.05) is 32.9 Å². The molecule has 0 aliphatic carbocycles. The van der Waals surface area contributed by atoms with E-state index in [4.69, 9.17) is 5.26 Å². The largest absolute Gasteiger partial charge is 0.260 e. The van der Waals surface area contributed by atoms with Crippen LogP contribution in [0.1, 0.15) is 37.6 Å². The van der Waals surface area contributed by atoms with Gasteiger partial charge < -0.3 is 0 Å². The minimum Gasteiger partial charge on any atom is -0.260 e. The van der Waals surface area contributed by atoms with E-state index in [-0.39, 0.29) is 5.41 Å². The first-order chi connectivity index (χ1) is 8.91. The average molecular weight is 250 g/mol. The van der Waals surface area contributed by atoms with Gasteiger partial charge in [-0.25, -0.2) is 0 Å². The quantitative estimate of drug-likeness (QED) is 0.759. The topological polar surface area (TPSA) is 36.7 Å². The van der Waals surface area contributed by atoms with Crippen molar-refractivity contribution < 1.29 is 0 Å². The summed E-state index contributed by atoms with van der Waals surface area (Å²) in [5, 5.41) is 8.82. The zero-order valence-electron chi connectivity index (χ0n) is 11.9. The molecular formula is C17H18N2. The highest BCUT2D eigenvalue weighted by Gasteiger charge is 2.16. The molecule has 0 radical (unpaired) electrons. The first kappa shape index (κ1) is 13.3. The molecule has 2 aromatic rings. The number of benzene rings is 1. The van der Waals surface area contributed by atoms with Gasteiger partial charge in [0.25, 0.3) is 0 Å². The summed E-state index contributed by atoms with van der Waals surface area (Å²) in [5.41, 5.74) is 5.28. The predicted molar refractivity (Wildman–Crippen MR) is 77.8 cm³/mol. The van der Waals surface area contributed by atoms with Gasteiger partial charge >= 0.3 is 0 Å². The number of nitriles is 1. The number of aryl methyl sites for hydroxylation is 1. The Balaban J connectivity index is 2.43. The van der Waals surface area contributed by atoms with Crippen LogP contribution in [0.2, 0.25) is 0 Å². The summed E-state index contributed by atoms with van der Waals surface area (Å²) in [6.07, 6.45) is 1.93. The smallest absolute Gasteiger partial charge is 0.0991 e. The molecule has 0 amide bonds. The summed E-state index contributed by atoms with van der Waals surface area (Å²) in [7, 11) is 0. The number of hydrogen-bond donors (Lipinski definition) is 0. The van der Waals surface area contributed by atoms with Gasteiger partial charge in [0.2, 0.25) is 0 Å². The molecule has 0 N–H and O–H groups in total. The van der Waals surface area contributed by atoms with Crippen molar-refractivity contribution in [2.75, 3.05) is 0 Å². The van der Waals surface area contributed by atoms with Crippen LogP contribution in [0, 0.1) is 18.3 Å². The van der Waals surface area contributed by atoms with E-state index in [0.29, 0.717) is 5.56 Å². The van der Waals surface area contributed by atoms with Crippen molar-refractivity contribution >= 4 is 0 Å². The van der Waals surface area contributed by atoms with E-state index in [9.17, 15) is 0 Å². The maximum Gasteiger partial charge on any atom is 0.0991 e. The van der Waals surface area contributed by atoms with Crippen LogP contribution >= 0.6 is 0 Å². The lowest BCUT2D eigenvalue weighted by atomic mass is 9.89. The summed E-state index contributed by atoms with van der Waals surface area (Å²) in [4.78, 5) is 4.56. The lowest BCUT2D eigenvalue weighted by molar-refractivity contribution is 0.568. The highest BCUT2D eigenvalue weighted by atomic mass is 14.7. The fourth-order valence-electron chi connectivity index (χ4n) is 1.99. The van der Waals surface area contributed by atoms with Crippen LogP contribution < -0.4 is 0 Å². The predicted octanol–water partition coefficient (Wildman–Crippen LogP) is 4.23. The van der Waals surface area contributed by atoms with E-state index in [0.717, 1.165) is 16.8 Å². The van der Waals surface area contributed by atoms with Gasteiger partial charge in [0.05, 0.1) is 11.6 Å². The Morgan fingerprint density at radius 2 is 1.74 bits per heavy atom. The fourth-order valence-corrected chi connectivity index (χ4v) is 1.99. The average Bonchev–Trinajstić information content (AvgIpc) is 2.38. The number of pyridine rings is 1. The standard InChI is InChI=1S/C17H18N2/c1-12-9-16(17(2,3)4)19-11-15(12)14-7-5-13(10-18)6-8-14/h5-9,11H,1-4H3. The number of aromatic nitrogens is 1.